The third-order valence-electron chi connectivity index (χ3n) is 2.20. The average molecular weight is 218 g/mol. The molecule has 0 saturated carbocycles. The van der Waals surface area contributed by atoms with Gasteiger partial charge in [0.1, 0.15) is 0 Å². The predicted molar refractivity (Wildman–Crippen MR) is 56.4 cm³/mol. The highest BCUT2D eigenvalue weighted by Crippen LogP contribution is 2.21. The molecule has 0 fully saturated rings. The normalized spacial score (nSPS) is 13.2. The van der Waals surface area contributed by atoms with Crippen LogP contribution in [-0.4, -0.2) is 27.5 Å². The van der Waals surface area contributed by atoms with E-state index in [2.05, 4.69) is 5.10 Å². The molecule has 1 aromatic heterocycles. The zero-order chi connectivity index (χ0) is 10.7. The van der Waals surface area contributed by atoms with Crippen LogP contribution in [0.15, 0.2) is 0 Å². The minimum atomic E-state index is -0.549. The van der Waals surface area contributed by atoms with Crippen LogP contribution < -0.4 is 5.73 Å². The summed E-state index contributed by atoms with van der Waals surface area (Å²) in [5.74, 6) is 0. The van der Waals surface area contributed by atoms with Gasteiger partial charge in [-0.05, 0) is 6.42 Å². The highest BCUT2D eigenvalue weighted by molar-refractivity contribution is 6.31. The number of aliphatic hydroxyl groups is 1. The van der Waals surface area contributed by atoms with Crippen molar-refractivity contribution in [2.45, 2.75) is 25.9 Å². The van der Waals surface area contributed by atoms with Crippen molar-refractivity contribution in [3.8, 4) is 0 Å². The van der Waals surface area contributed by atoms with Gasteiger partial charge in [0.2, 0.25) is 0 Å². The fourth-order valence-electron chi connectivity index (χ4n) is 1.35. The van der Waals surface area contributed by atoms with Gasteiger partial charge in [0.25, 0.3) is 0 Å². The first-order chi connectivity index (χ1) is 6.60. The molecule has 1 rings (SSSR count). The van der Waals surface area contributed by atoms with Crippen molar-refractivity contribution in [2.24, 2.45) is 12.8 Å². The third-order valence-corrected chi connectivity index (χ3v) is 2.64. The van der Waals surface area contributed by atoms with E-state index in [9.17, 15) is 5.11 Å². The number of nitrogens with zero attached hydrogens (tertiary/aromatic N) is 2. The topological polar surface area (TPSA) is 64.1 Å². The Balaban J connectivity index is 2.90. The number of hydrogen-bond acceptors (Lipinski definition) is 3. The number of aliphatic hydroxyl groups excluding tert-OH is 1. The molecule has 0 radical (unpaired) electrons. The van der Waals surface area contributed by atoms with Crippen LogP contribution in [-0.2, 0) is 19.9 Å². The van der Waals surface area contributed by atoms with Crippen molar-refractivity contribution in [3.05, 3.63) is 16.4 Å². The number of hydrogen-bond donors (Lipinski definition) is 2. The van der Waals surface area contributed by atoms with Crippen LogP contribution in [0.4, 0.5) is 0 Å². The summed E-state index contributed by atoms with van der Waals surface area (Å²) in [5, 5.41) is 14.3. The molecule has 1 heterocycles. The fraction of sp³-hybridized carbons (Fsp3) is 0.667. The summed E-state index contributed by atoms with van der Waals surface area (Å²) in [6.45, 7) is 2.24. The predicted octanol–water partition coefficient (Wildman–Crippen LogP) is 0.498. The van der Waals surface area contributed by atoms with Crippen LogP contribution in [0.3, 0.4) is 0 Å². The van der Waals surface area contributed by atoms with E-state index in [4.69, 9.17) is 17.3 Å². The summed E-state index contributed by atoms with van der Waals surface area (Å²) < 4.78 is 1.71. The first kappa shape index (κ1) is 11.5. The number of halogens is 1. The van der Waals surface area contributed by atoms with Crippen LogP contribution in [0.1, 0.15) is 18.3 Å². The molecule has 1 aromatic rings. The molecule has 0 bridgehead atoms. The molecule has 3 N–H and O–H groups in total. The molecule has 0 aliphatic rings. The summed E-state index contributed by atoms with van der Waals surface area (Å²) >= 11 is 6.10. The van der Waals surface area contributed by atoms with E-state index in [0.717, 1.165) is 17.8 Å². The second-order valence-corrected chi connectivity index (χ2v) is 3.66. The van der Waals surface area contributed by atoms with E-state index >= 15 is 0 Å². The van der Waals surface area contributed by atoms with Crippen LogP contribution in [0.25, 0.3) is 0 Å². The first-order valence-electron chi connectivity index (χ1n) is 4.68. The largest absolute Gasteiger partial charge is 0.391 e. The molecular formula is C9H16ClN3O. The molecule has 0 aliphatic carbocycles. The van der Waals surface area contributed by atoms with E-state index < -0.39 is 6.10 Å². The maximum absolute atomic E-state index is 9.42. The molecule has 0 aromatic carbocycles. The Hall–Kier alpha value is -0.580. The Labute approximate surface area is 88.7 Å². The Bertz CT molecular complexity index is 311. The van der Waals surface area contributed by atoms with Gasteiger partial charge in [0.15, 0.2) is 0 Å². The van der Waals surface area contributed by atoms with Gasteiger partial charge in [-0.15, -0.1) is 0 Å². The SMILES string of the molecule is CCc1nn(C)c(CC(O)CN)c1Cl. The van der Waals surface area contributed by atoms with E-state index in [1.54, 1.807) is 4.68 Å². The second-order valence-electron chi connectivity index (χ2n) is 3.28. The first-order valence-corrected chi connectivity index (χ1v) is 5.06. The molecule has 1 atom stereocenters. The smallest absolute Gasteiger partial charge is 0.0850 e. The van der Waals surface area contributed by atoms with E-state index in [-0.39, 0.29) is 6.54 Å². The zero-order valence-corrected chi connectivity index (χ0v) is 9.25. The van der Waals surface area contributed by atoms with Crippen LogP contribution >= 0.6 is 11.6 Å². The summed E-state index contributed by atoms with van der Waals surface area (Å²) in [7, 11) is 1.82. The Morgan fingerprint density at radius 2 is 2.29 bits per heavy atom. The van der Waals surface area contributed by atoms with Crippen molar-refractivity contribution in [1.29, 1.82) is 0 Å². The van der Waals surface area contributed by atoms with Crippen molar-refractivity contribution in [3.63, 3.8) is 0 Å². The Morgan fingerprint density at radius 1 is 1.64 bits per heavy atom. The number of nitrogens with two attached hydrogens (primary N) is 1. The minimum Gasteiger partial charge on any atom is -0.391 e. The summed E-state index contributed by atoms with van der Waals surface area (Å²) in [6, 6.07) is 0. The van der Waals surface area contributed by atoms with E-state index in [0.29, 0.717) is 11.4 Å². The maximum atomic E-state index is 9.42. The highest BCUT2D eigenvalue weighted by Gasteiger charge is 2.15. The van der Waals surface area contributed by atoms with E-state index in [1.807, 2.05) is 14.0 Å². The lowest BCUT2D eigenvalue weighted by molar-refractivity contribution is 0.181. The maximum Gasteiger partial charge on any atom is 0.0850 e. The van der Waals surface area contributed by atoms with Gasteiger partial charge < -0.3 is 10.8 Å². The quantitative estimate of drug-likeness (QED) is 0.772. The minimum absolute atomic E-state index is 0.239. The number of rotatable bonds is 4. The molecule has 4 nitrogen and oxygen atoms in total. The van der Waals surface area contributed by atoms with Crippen molar-refractivity contribution < 1.29 is 5.11 Å². The standard InChI is InChI=1S/C9H16ClN3O/c1-3-7-9(10)8(13(2)12-7)4-6(14)5-11/h6,14H,3-5,11H2,1-2H3. The van der Waals surface area contributed by atoms with Crippen molar-refractivity contribution >= 4 is 11.6 Å². The molecule has 5 heteroatoms. The van der Waals surface area contributed by atoms with Gasteiger partial charge in [-0.1, -0.05) is 18.5 Å². The number of aryl methyl sites for hydroxylation is 2. The number of aromatic nitrogens is 2. The lowest BCUT2D eigenvalue weighted by Crippen LogP contribution is -2.23. The van der Waals surface area contributed by atoms with Crippen LogP contribution in [0, 0.1) is 0 Å². The van der Waals surface area contributed by atoms with Crippen molar-refractivity contribution in [1.82, 2.24) is 9.78 Å². The average Bonchev–Trinajstić information content (AvgIpc) is 2.44. The van der Waals surface area contributed by atoms with Crippen molar-refractivity contribution in [2.75, 3.05) is 6.54 Å². The summed E-state index contributed by atoms with van der Waals surface area (Å²) in [4.78, 5) is 0. The second kappa shape index (κ2) is 4.77. The molecular weight excluding hydrogens is 202 g/mol. The molecule has 14 heavy (non-hydrogen) atoms. The lowest BCUT2D eigenvalue weighted by atomic mass is 10.2. The highest BCUT2D eigenvalue weighted by atomic mass is 35.5. The monoisotopic (exact) mass is 217 g/mol. The fourth-order valence-corrected chi connectivity index (χ4v) is 1.72. The molecule has 0 saturated heterocycles. The van der Waals surface area contributed by atoms with Gasteiger partial charge >= 0.3 is 0 Å². The summed E-state index contributed by atoms with van der Waals surface area (Å²) in [5.41, 5.74) is 7.05. The molecule has 1 unspecified atom stereocenters. The zero-order valence-electron chi connectivity index (χ0n) is 8.50. The molecule has 0 aliphatic heterocycles. The van der Waals surface area contributed by atoms with Gasteiger partial charge in [0.05, 0.1) is 22.5 Å². The van der Waals surface area contributed by atoms with E-state index in [1.165, 1.54) is 0 Å². The van der Waals surface area contributed by atoms with Gasteiger partial charge in [0, 0.05) is 20.0 Å². The lowest BCUT2D eigenvalue weighted by Gasteiger charge is -2.07. The Kier molecular flexibility index (Phi) is 3.92. The Morgan fingerprint density at radius 3 is 2.71 bits per heavy atom. The van der Waals surface area contributed by atoms with Gasteiger partial charge in [-0.2, -0.15) is 5.10 Å². The van der Waals surface area contributed by atoms with Crippen LogP contribution in [0.5, 0.6) is 0 Å². The van der Waals surface area contributed by atoms with Crippen LogP contribution in [0.2, 0.25) is 5.02 Å². The molecule has 80 valence electrons. The third kappa shape index (κ3) is 2.26. The summed E-state index contributed by atoms with van der Waals surface area (Å²) in [6.07, 6.45) is 0.706. The molecule has 0 spiro atoms. The van der Waals surface area contributed by atoms with Gasteiger partial charge in [-0.25, -0.2) is 0 Å². The molecule has 0 amide bonds. The van der Waals surface area contributed by atoms with Gasteiger partial charge in [-0.3, -0.25) is 4.68 Å².